The molecule has 0 saturated carbocycles. The van der Waals surface area contributed by atoms with Gasteiger partial charge in [-0.15, -0.1) is 0 Å². The van der Waals surface area contributed by atoms with E-state index in [-0.39, 0.29) is 23.4 Å². The number of halogens is 1. The van der Waals surface area contributed by atoms with Gasteiger partial charge in [0.15, 0.2) is 5.69 Å². The average Bonchev–Trinajstić information content (AvgIpc) is 3.50. The molecular weight excluding hydrogens is 562 g/mol. The normalized spacial score (nSPS) is 15.7. The van der Waals surface area contributed by atoms with Gasteiger partial charge in [0.2, 0.25) is 15.9 Å². The summed E-state index contributed by atoms with van der Waals surface area (Å²) in [5.74, 6) is -0.603. The number of amides is 1. The summed E-state index contributed by atoms with van der Waals surface area (Å²) < 4.78 is 42.2. The molecule has 12 nitrogen and oxygen atoms in total. The summed E-state index contributed by atoms with van der Waals surface area (Å²) in [6.45, 7) is 7.50. The molecule has 0 aliphatic carbocycles. The second-order valence-electron chi connectivity index (χ2n) is 10.4. The minimum absolute atomic E-state index is 0.0469. The van der Waals surface area contributed by atoms with E-state index in [1.807, 2.05) is 0 Å². The van der Waals surface area contributed by atoms with Crippen molar-refractivity contribution in [1.29, 1.82) is 0 Å². The SMILES string of the molecule is Cc1c(C(=O)NC[C@H]2CCCO2)nn(-c2ccc(Cl)cc2)c1Oc1ccc([N+](=O)[O-])cc1S(=O)(=O)NC(C)(C)C. The number of nitrogens with zero attached hydrogens (tertiary/aromatic N) is 3. The molecular formula is C26H30ClN5O7S. The molecule has 214 valence electrons. The molecule has 4 rings (SSSR count). The molecule has 1 atom stereocenters. The Kier molecular flexibility index (Phi) is 8.49. The first-order valence-corrected chi connectivity index (χ1v) is 14.4. The first-order chi connectivity index (χ1) is 18.7. The van der Waals surface area contributed by atoms with Gasteiger partial charge in [0, 0.05) is 41.4 Å². The minimum atomic E-state index is -4.27. The summed E-state index contributed by atoms with van der Waals surface area (Å²) in [4.78, 5) is 23.5. The minimum Gasteiger partial charge on any atom is -0.437 e. The van der Waals surface area contributed by atoms with Crippen molar-refractivity contribution in [3.8, 4) is 17.3 Å². The van der Waals surface area contributed by atoms with Gasteiger partial charge in [-0.3, -0.25) is 14.9 Å². The van der Waals surface area contributed by atoms with Gasteiger partial charge >= 0.3 is 0 Å². The third-order valence-corrected chi connectivity index (χ3v) is 7.97. The number of carbonyl (C=O) groups excluding carboxylic acids is 1. The quantitative estimate of drug-likeness (QED) is 0.272. The number of nitrogens with one attached hydrogen (secondary N) is 2. The molecule has 1 saturated heterocycles. The average molecular weight is 592 g/mol. The van der Waals surface area contributed by atoms with Gasteiger partial charge in [-0.1, -0.05) is 11.6 Å². The third kappa shape index (κ3) is 6.78. The second-order valence-corrected chi connectivity index (χ2v) is 12.4. The van der Waals surface area contributed by atoms with Crippen LogP contribution < -0.4 is 14.8 Å². The maximum absolute atomic E-state index is 13.3. The van der Waals surface area contributed by atoms with Crippen LogP contribution in [0.3, 0.4) is 0 Å². The van der Waals surface area contributed by atoms with E-state index in [1.54, 1.807) is 52.0 Å². The smallest absolute Gasteiger partial charge is 0.272 e. The summed E-state index contributed by atoms with van der Waals surface area (Å²) >= 11 is 6.06. The van der Waals surface area contributed by atoms with Gasteiger partial charge in [-0.05, 0) is 70.9 Å². The number of hydrogen-bond donors (Lipinski definition) is 2. The number of rotatable bonds is 9. The van der Waals surface area contributed by atoms with Crippen molar-refractivity contribution in [2.75, 3.05) is 13.2 Å². The molecule has 1 fully saturated rings. The summed E-state index contributed by atoms with van der Waals surface area (Å²) in [6, 6.07) is 9.84. The monoisotopic (exact) mass is 591 g/mol. The van der Waals surface area contributed by atoms with Crippen LogP contribution in [0.4, 0.5) is 5.69 Å². The number of ether oxygens (including phenoxy) is 2. The Morgan fingerprint density at radius 3 is 2.55 bits per heavy atom. The lowest BCUT2D eigenvalue weighted by atomic mass is 10.1. The molecule has 0 bridgehead atoms. The molecule has 1 amide bonds. The van der Waals surface area contributed by atoms with E-state index in [2.05, 4.69) is 15.1 Å². The number of hydrogen-bond acceptors (Lipinski definition) is 8. The predicted octanol–water partition coefficient (Wildman–Crippen LogP) is 4.52. The standard InChI is InChI=1S/C26H30ClN5O7S/c1-16-23(24(33)28-15-20-6-5-13-38-20)29-31(18-9-7-17(27)8-10-18)25(16)39-21-12-11-19(32(34)35)14-22(21)40(36,37)30-26(2,3)4/h7-12,14,20,30H,5-6,13,15H2,1-4H3,(H,28,33)/t20-/m1/s1. The molecule has 14 heteroatoms. The molecule has 0 unspecified atom stereocenters. The highest BCUT2D eigenvalue weighted by atomic mass is 35.5. The van der Waals surface area contributed by atoms with Crippen molar-refractivity contribution in [1.82, 2.24) is 19.8 Å². The Morgan fingerprint density at radius 1 is 1.25 bits per heavy atom. The second kappa shape index (κ2) is 11.5. The van der Waals surface area contributed by atoms with Crippen LogP contribution in [-0.4, -0.2) is 53.8 Å². The zero-order valence-electron chi connectivity index (χ0n) is 22.4. The molecule has 0 spiro atoms. The molecule has 0 radical (unpaired) electrons. The number of non-ortho nitro benzene ring substituents is 1. The van der Waals surface area contributed by atoms with Crippen LogP contribution in [0.5, 0.6) is 11.6 Å². The molecule has 2 N–H and O–H groups in total. The molecule has 2 aromatic carbocycles. The Morgan fingerprint density at radius 2 is 1.95 bits per heavy atom. The fraction of sp³-hybridized carbons (Fsp3) is 0.385. The predicted molar refractivity (Wildman–Crippen MR) is 148 cm³/mol. The van der Waals surface area contributed by atoms with Crippen molar-refractivity contribution in [2.24, 2.45) is 0 Å². The van der Waals surface area contributed by atoms with Gasteiger partial charge < -0.3 is 14.8 Å². The molecule has 1 aromatic heterocycles. The summed E-state index contributed by atoms with van der Waals surface area (Å²) in [6.07, 6.45) is 1.68. The van der Waals surface area contributed by atoms with Gasteiger partial charge in [0.1, 0.15) is 10.6 Å². The Bertz CT molecular complexity index is 1530. The maximum Gasteiger partial charge on any atom is 0.272 e. The highest BCUT2D eigenvalue weighted by molar-refractivity contribution is 7.89. The van der Waals surface area contributed by atoms with E-state index >= 15 is 0 Å². The van der Waals surface area contributed by atoms with Crippen molar-refractivity contribution in [2.45, 2.75) is 57.1 Å². The van der Waals surface area contributed by atoms with E-state index in [0.29, 0.717) is 29.4 Å². The van der Waals surface area contributed by atoms with E-state index in [9.17, 15) is 23.3 Å². The van der Waals surface area contributed by atoms with Crippen LogP contribution in [-0.2, 0) is 14.8 Å². The largest absolute Gasteiger partial charge is 0.437 e. The van der Waals surface area contributed by atoms with Gasteiger partial charge in [0.05, 0.1) is 16.7 Å². The maximum atomic E-state index is 13.3. The fourth-order valence-corrected chi connectivity index (χ4v) is 5.83. The van der Waals surface area contributed by atoms with Crippen LogP contribution in [0.15, 0.2) is 47.4 Å². The van der Waals surface area contributed by atoms with Crippen LogP contribution in [0.2, 0.25) is 5.02 Å². The van der Waals surface area contributed by atoms with E-state index in [0.717, 1.165) is 25.0 Å². The number of aromatic nitrogens is 2. The number of benzene rings is 2. The highest BCUT2D eigenvalue weighted by Crippen LogP contribution is 2.36. The van der Waals surface area contributed by atoms with Crippen LogP contribution in [0.25, 0.3) is 5.69 Å². The lowest BCUT2D eigenvalue weighted by molar-refractivity contribution is -0.385. The Balaban J connectivity index is 1.79. The first-order valence-electron chi connectivity index (χ1n) is 12.5. The van der Waals surface area contributed by atoms with Crippen molar-refractivity contribution < 1.29 is 27.6 Å². The lowest BCUT2D eigenvalue weighted by Crippen LogP contribution is -2.40. The Hall–Kier alpha value is -3.52. The van der Waals surface area contributed by atoms with Crippen LogP contribution in [0, 0.1) is 17.0 Å². The van der Waals surface area contributed by atoms with Crippen LogP contribution in [0.1, 0.15) is 49.7 Å². The summed E-state index contributed by atoms with van der Waals surface area (Å²) in [5.41, 5.74) is -0.443. The highest BCUT2D eigenvalue weighted by Gasteiger charge is 2.30. The van der Waals surface area contributed by atoms with E-state index < -0.39 is 37.0 Å². The molecule has 2 heterocycles. The lowest BCUT2D eigenvalue weighted by Gasteiger charge is -2.21. The van der Waals surface area contributed by atoms with Crippen molar-refractivity contribution in [3.05, 3.63) is 68.9 Å². The van der Waals surface area contributed by atoms with Crippen molar-refractivity contribution >= 4 is 33.2 Å². The Labute approximate surface area is 236 Å². The topological polar surface area (TPSA) is 155 Å². The zero-order chi connectivity index (χ0) is 29.2. The molecule has 1 aliphatic rings. The van der Waals surface area contributed by atoms with Crippen molar-refractivity contribution in [3.63, 3.8) is 0 Å². The summed E-state index contributed by atoms with van der Waals surface area (Å²) in [7, 11) is -4.27. The van der Waals surface area contributed by atoms with E-state index in [4.69, 9.17) is 21.1 Å². The molecule has 40 heavy (non-hydrogen) atoms. The number of nitro groups is 1. The first kappa shape index (κ1) is 29.5. The van der Waals surface area contributed by atoms with Gasteiger partial charge in [0.25, 0.3) is 11.6 Å². The zero-order valence-corrected chi connectivity index (χ0v) is 24.0. The molecule has 3 aromatic rings. The number of nitro benzene ring substituents is 1. The fourth-order valence-electron chi connectivity index (χ4n) is 4.14. The number of carbonyl (C=O) groups is 1. The van der Waals surface area contributed by atoms with Crippen LogP contribution >= 0.6 is 11.6 Å². The third-order valence-electron chi connectivity index (χ3n) is 5.94. The van der Waals surface area contributed by atoms with Gasteiger partial charge in [-0.2, -0.15) is 9.78 Å². The summed E-state index contributed by atoms with van der Waals surface area (Å²) in [5, 5.41) is 19.2. The number of sulfonamides is 1. The van der Waals surface area contributed by atoms with E-state index in [1.165, 1.54) is 10.7 Å². The van der Waals surface area contributed by atoms with Gasteiger partial charge in [-0.25, -0.2) is 13.1 Å². The molecule has 1 aliphatic heterocycles.